The third kappa shape index (κ3) is 5.99. The fourth-order valence-electron chi connectivity index (χ4n) is 3.29. The van der Waals surface area contributed by atoms with Gasteiger partial charge >= 0.3 is 0 Å². The topological polar surface area (TPSA) is 55.3 Å². The van der Waals surface area contributed by atoms with Crippen LogP contribution in [0.4, 0.5) is 0 Å². The average Bonchev–Trinajstić information content (AvgIpc) is 3.18. The minimum absolute atomic E-state index is 0. The first kappa shape index (κ1) is 21.2. The highest BCUT2D eigenvalue weighted by molar-refractivity contribution is 14.0. The Morgan fingerprint density at radius 1 is 1.23 bits per heavy atom. The standard InChI is InChI=1S/C19H29N3O3.HI/c1-15-5-7-16(8-6-15)23-12-9-21-19(20-2)22-10-13-25-18(14-22)17-4-3-11-24-17;/h5-8,17-18H,3-4,9-14H2,1-2H3,(H,20,21);1H. The molecular weight excluding hydrogens is 445 g/mol. The van der Waals surface area contributed by atoms with Crippen LogP contribution < -0.4 is 10.1 Å². The lowest BCUT2D eigenvalue weighted by Gasteiger charge is -2.37. The van der Waals surface area contributed by atoms with E-state index < -0.39 is 0 Å². The lowest BCUT2D eigenvalue weighted by molar-refractivity contribution is -0.0817. The Morgan fingerprint density at radius 3 is 2.69 bits per heavy atom. The molecule has 2 unspecified atom stereocenters. The van der Waals surface area contributed by atoms with Gasteiger partial charge in [0.05, 0.1) is 19.3 Å². The summed E-state index contributed by atoms with van der Waals surface area (Å²) in [7, 11) is 1.82. The number of morpholine rings is 1. The maximum atomic E-state index is 5.91. The molecule has 1 aromatic carbocycles. The molecule has 2 atom stereocenters. The summed E-state index contributed by atoms with van der Waals surface area (Å²) in [5.74, 6) is 1.80. The van der Waals surface area contributed by atoms with E-state index in [9.17, 15) is 0 Å². The van der Waals surface area contributed by atoms with E-state index in [1.807, 2.05) is 19.2 Å². The van der Waals surface area contributed by atoms with Crippen LogP contribution in [0.1, 0.15) is 18.4 Å². The van der Waals surface area contributed by atoms with Crippen molar-refractivity contribution >= 4 is 29.9 Å². The summed E-state index contributed by atoms with van der Waals surface area (Å²) in [6.45, 7) is 6.62. The zero-order valence-electron chi connectivity index (χ0n) is 15.6. The van der Waals surface area contributed by atoms with Gasteiger partial charge in [0.1, 0.15) is 18.5 Å². The van der Waals surface area contributed by atoms with Gasteiger partial charge in [0.25, 0.3) is 0 Å². The van der Waals surface area contributed by atoms with Crippen molar-refractivity contribution in [1.29, 1.82) is 0 Å². The molecule has 2 aliphatic heterocycles. The van der Waals surface area contributed by atoms with E-state index in [2.05, 4.69) is 34.3 Å². The molecule has 2 fully saturated rings. The Hall–Kier alpha value is -1.06. The normalized spacial score (nSPS) is 23.5. The largest absolute Gasteiger partial charge is 0.492 e. The quantitative estimate of drug-likeness (QED) is 0.307. The van der Waals surface area contributed by atoms with Crippen molar-refractivity contribution in [3.8, 4) is 5.75 Å². The zero-order valence-corrected chi connectivity index (χ0v) is 18.0. The number of benzene rings is 1. The number of hydrogen-bond acceptors (Lipinski definition) is 4. The fourth-order valence-corrected chi connectivity index (χ4v) is 3.29. The van der Waals surface area contributed by atoms with Crippen LogP contribution in [0.25, 0.3) is 0 Å². The molecule has 0 radical (unpaired) electrons. The molecule has 2 aliphatic rings. The summed E-state index contributed by atoms with van der Waals surface area (Å²) in [4.78, 5) is 6.66. The van der Waals surface area contributed by atoms with Gasteiger partial charge in [0.2, 0.25) is 0 Å². The molecule has 0 aromatic heterocycles. The Kier molecular flexibility index (Phi) is 8.94. The number of aliphatic imine (C=N–C) groups is 1. The van der Waals surface area contributed by atoms with E-state index in [0.717, 1.165) is 44.2 Å². The van der Waals surface area contributed by atoms with E-state index in [1.54, 1.807) is 0 Å². The van der Waals surface area contributed by atoms with Gasteiger partial charge in [-0.3, -0.25) is 4.99 Å². The Balaban J connectivity index is 0.00000243. The molecule has 146 valence electrons. The molecule has 0 amide bonds. The van der Waals surface area contributed by atoms with Crippen LogP contribution in [-0.4, -0.2) is 69.6 Å². The molecule has 6 nitrogen and oxygen atoms in total. The van der Waals surface area contributed by atoms with E-state index in [1.165, 1.54) is 5.56 Å². The van der Waals surface area contributed by atoms with Crippen molar-refractivity contribution < 1.29 is 14.2 Å². The molecule has 26 heavy (non-hydrogen) atoms. The number of aryl methyl sites for hydroxylation is 1. The number of nitrogens with one attached hydrogen (secondary N) is 1. The summed E-state index contributed by atoms with van der Waals surface area (Å²) < 4.78 is 17.4. The first-order valence-electron chi connectivity index (χ1n) is 9.14. The van der Waals surface area contributed by atoms with Crippen LogP contribution in [0.3, 0.4) is 0 Å². The van der Waals surface area contributed by atoms with Gasteiger partial charge in [-0.15, -0.1) is 24.0 Å². The lowest BCUT2D eigenvalue weighted by Crippen LogP contribution is -2.53. The summed E-state index contributed by atoms with van der Waals surface area (Å²) in [5.41, 5.74) is 1.24. The summed E-state index contributed by atoms with van der Waals surface area (Å²) in [6.07, 6.45) is 2.59. The Bertz CT molecular complexity index is 562. The highest BCUT2D eigenvalue weighted by Gasteiger charge is 2.32. The molecule has 2 heterocycles. The molecule has 0 spiro atoms. The van der Waals surface area contributed by atoms with Gasteiger partial charge < -0.3 is 24.4 Å². The minimum Gasteiger partial charge on any atom is -0.492 e. The molecule has 0 bridgehead atoms. The average molecular weight is 475 g/mol. The first-order valence-corrected chi connectivity index (χ1v) is 9.14. The summed E-state index contributed by atoms with van der Waals surface area (Å²) in [5, 5.41) is 3.39. The molecule has 2 saturated heterocycles. The number of halogens is 1. The van der Waals surface area contributed by atoms with Crippen LogP contribution in [0.15, 0.2) is 29.3 Å². The van der Waals surface area contributed by atoms with Gasteiger partial charge in [-0.05, 0) is 31.9 Å². The predicted octanol–water partition coefficient (Wildman–Crippen LogP) is 2.45. The number of rotatable bonds is 5. The van der Waals surface area contributed by atoms with Crippen molar-refractivity contribution in [3.63, 3.8) is 0 Å². The van der Waals surface area contributed by atoms with E-state index in [4.69, 9.17) is 14.2 Å². The van der Waals surface area contributed by atoms with Crippen LogP contribution in [0.2, 0.25) is 0 Å². The van der Waals surface area contributed by atoms with E-state index >= 15 is 0 Å². The molecule has 1 aromatic rings. The lowest BCUT2D eigenvalue weighted by atomic mass is 10.1. The van der Waals surface area contributed by atoms with Crippen molar-refractivity contribution in [2.75, 3.05) is 46.5 Å². The second kappa shape index (κ2) is 10.9. The Morgan fingerprint density at radius 2 is 2.00 bits per heavy atom. The van der Waals surface area contributed by atoms with Gasteiger partial charge in [-0.1, -0.05) is 17.7 Å². The molecule has 7 heteroatoms. The maximum Gasteiger partial charge on any atom is 0.193 e. The number of ether oxygens (including phenoxy) is 3. The monoisotopic (exact) mass is 475 g/mol. The van der Waals surface area contributed by atoms with Crippen molar-refractivity contribution in [3.05, 3.63) is 29.8 Å². The number of hydrogen-bond donors (Lipinski definition) is 1. The fraction of sp³-hybridized carbons (Fsp3) is 0.632. The second-order valence-corrected chi connectivity index (χ2v) is 6.54. The van der Waals surface area contributed by atoms with E-state index in [0.29, 0.717) is 19.8 Å². The summed E-state index contributed by atoms with van der Waals surface area (Å²) >= 11 is 0. The van der Waals surface area contributed by atoms with Crippen molar-refractivity contribution in [1.82, 2.24) is 10.2 Å². The SMILES string of the molecule is CN=C(NCCOc1ccc(C)cc1)N1CCOC(C2CCCO2)C1.I. The molecule has 1 N–H and O–H groups in total. The highest BCUT2D eigenvalue weighted by atomic mass is 127. The molecule has 0 saturated carbocycles. The molecule has 3 rings (SSSR count). The molecule has 0 aliphatic carbocycles. The summed E-state index contributed by atoms with van der Waals surface area (Å²) in [6, 6.07) is 8.11. The third-order valence-corrected chi connectivity index (χ3v) is 4.66. The zero-order chi connectivity index (χ0) is 17.5. The van der Waals surface area contributed by atoms with Crippen molar-refractivity contribution in [2.24, 2.45) is 4.99 Å². The van der Waals surface area contributed by atoms with Gasteiger partial charge in [-0.25, -0.2) is 0 Å². The van der Waals surface area contributed by atoms with Gasteiger partial charge in [-0.2, -0.15) is 0 Å². The highest BCUT2D eigenvalue weighted by Crippen LogP contribution is 2.21. The smallest absolute Gasteiger partial charge is 0.193 e. The van der Waals surface area contributed by atoms with Crippen LogP contribution >= 0.6 is 24.0 Å². The van der Waals surface area contributed by atoms with Crippen LogP contribution in [0, 0.1) is 6.92 Å². The van der Waals surface area contributed by atoms with Crippen molar-refractivity contribution in [2.45, 2.75) is 32.0 Å². The van der Waals surface area contributed by atoms with Crippen LogP contribution in [-0.2, 0) is 9.47 Å². The van der Waals surface area contributed by atoms with Crippen LogP contribution in [0.5, 0.6) is 5.75 Å². The third-order valence-electron chi connectivity index (χ3n) is 4.66. The first-order chi connectivity index (χ1) is 12.3. The molecular formula is C19H30IN3O3. The van der Waals surface area contributed by atoms with Gasteiger partial charge in [0, 0.05) is 26.7 Å². The minimum atomic E-state index is 0. The Labute approximate surface area is 173 Å². The second-order valence-electron chi connectivity index (χ2n) is 6.54. The number of guanidine groups is 1. The van der Waals surface area contributed by atoms with E-state index in [-0.39, 0.29) is 36.2 Å². The number of nitrogens with zero attached hydrogens (tertiary/aromatic N) is 2. The van der Waals surface area contributed by atoms with Gasteiger partial charge in [0.15, 0.2) is 5.96 Å². The maximum absolute atomic E-state index is 5.91. The predicted molar refractivity (Wildman–Crippen MR) is 114 cm³/mol.